The van der Waals surface area contributed by atoms with Crippen LogP contribution in [-0.2, 0) is 17.6 Å². The van der Waals surface area contributed by atoms with E-state index in [1.165, 1.54) is 4.90 Å². The third kappa shape index (κ3) is 3.71. The molecular weight excluding hydrogens is 440 g/mol. The maximum Gasteiger partial charge on any atom is 0.258 e. The zero-order valence-corrected chi connectivity index (χ0v) is 18.9. The SMILES string of the molecule is O=C1CN(C(=O)c2ccc(NC(=O)c3c4c(nc5ccccc35)CCC4)cc2)c2ccccc2N1. The molecule has 0 spiro atoms. The second-order valence-corrected chi connectivity index (χ2v) is 8.77. The molecule has 1 aliphatic heterocycles. The first kappa shape index (κ1) is 21.0. The molecule has 0 atom stereocenters. The van der Waals surface area contributed by atoms with Crippen LogP contribution in [0.3, 0.4) is 0 Å². The summed E-state index contributed by atoms with van der Waals surface area (Å²) >= 11 is 0. The fourth-order valence-electron chi connectivity index (χ4n) is 4.93. The average Bonchev–Trinajstić information content (AvgIpc) is 3.34. The van der Waals surface area contributed by atoms with E-state index in [0.717, 1.165) is 41.4 Å². The van der Waals surface area contributed by atoms with Gasteiger partial charge in [0.1, 0.15) is 6.54 Å². The fraction of sp³-hybridized carbons (Fsp3) is 0.143. The number of amides is 3. The molecule has 3 aromatic carbocycles. The molecule has 0 fully saturated rings. The van der Waals surface area contributed by atoms with Crippen molar-refractivity contribution in [2.24, 2.45) is 0 Å². The first-order chi connectivity index (χ1) is 17.1. The van der Waals surface area contributed by atoms with Gasteiger partial charge in [0.25, 0.3) is 11.8 Å². The third-order valence-corrected chi connectivity index (χ3v) is 6.55. The van der Waals surface area contributed by atoms with Crippen molar-refractivity contribution in [3.8, 4) is 0 Å². The zero-order chi connectivity index (χ0) is 23.9. The van der Waals surface area contributed by atoms with Crippen molar-refractivity contribution < 1.29 is 14.4 Å². The average molecular weight is 463 g/mol. The number of para-hydroxylation sites is 3. The van der Waals surface area contributed by atoms with Crippen molar-refractivity contribution in [3.05, 3.63) is 95.2 Å². The number of nitrogens with zero attached hydrogens (tertiary/aromatic N) is 2. The van der Waals surface area contributed by atoms with E-state index in [9.17, 15) is 14.4 Å². The number of rotatable bonds is 3. The van der Waals surface area contributed by atoms with Gasteiger partial charge in [-0.25, -0.2) is 0 Å². The van der Waals surface area contributed by atoms with E-state index >= 15 is 0 Å². The lowest BCUT2D eigenvalue weighted by Crippen LogP contribution is -2.42. The number of benzene rings is 3. The lowest BCUT2D eigenvalue weighted by molar-refractivity contribution is -0.115. The number of fused-ring (bicyclic) bond motifs is 3. The largest absolute Gasteiger partial charge is 0.323 e. The van der Waals surface area contributed by atoms with Crippen LogP contribution >= 0.6 is 0 Å². The Kier molecular flexibility index (Phi) is 5.03. The smallest absolute Gasteiger partial charge is 0.258 e. The summed E-state index contributed by atoms with van der Waals surface area (Å²) in [5, 5.41) is 6.63. The van der Waals surface area contributed by atoms with E-state index in [-0.39, 0.29) is 24.3 Å². The highest BCUT2D eigenvalue weighted by molar-refractivity contribution is 6.16. The molecule has 0 saturated heterocycles. The minimum Gasteiger partial charge on any atom is -0.323 e. The lowest BCUT2D eigenvalue weighted by atomic mass is 10.0. The predicted octanol–water partition coefficient (Wildman–Crippen LogP) is 4.57. The van der Waals surface area contributed by atoms with Gasteiger partial charge in [0.15, 0.2) is 0 Å². The molecule has 1 aromatic heterocycles. The van der Waals surface area contributed by atoms with Crippen LogP contribution in [0, 0.1) is 0 Å². The molecule has 172 valence electrons. The summed E-state index contributed by atoms with van der Waals surface area (Å²) in [7, 11) is 0. The van der Waals surface area contributed by atoms with Crippen LogP contribution in [0.5, 0.6) is 0 Å². The Morgan fingerprint density at radius 1 is 0.914 bits per heavy atom. The molecule has 35 heavy (non-hydrogen) atoms. The van der Waals surface area contributed by atoms with Crippen LogP contribution < -0.4 is 15.5 Å². The van der Waals surface area contributed by atoms with Crippen LogP contribution in [0.15, 0.2) is 72.8 Å². The minimum absolute atomic E-state index is 0.0471. The third-order valence-electron chi connectivity index (χ3n) is 6.55. The van der Waals surface area contributed by atoms with Crippen LogP contribution in [-0.4, -0.2) is 29.3 Å². The Hall–Kier alpha value is -4.52. The Morgan fingerprint density at radius 3 is 2.54 bits per heavy atom. The highest BCUT2D eigenvalue weighted by Crippen LogP contribution is 2.32. The van der Waals surface area contributed by atoms with E-state index in [1.54, 1.807) is 36.4 Å². The Morgan fingerprint density at radius 2 is 1.69 bits per heavy atom. The van der Waals surface area contributed by atoms with Crippen LogP contribution in [0.4, 0.5) is 17.1 Å². The van der Waals surface area contributed by atoms with Crippen LogP contribution in [0.2, 0.25) is 0 Å². The van der Waals surface area contributed by atoms with Gasteiger partial charge in [-0.15, -0.1) is 0 Å². The van der Waals surface area contributed by atoms with Gasteiger partial charge in [-0.1, -0.05) is 30.3 Å². The molecule has 2 heterocycles. The molecule has 7 nitrogen and oxygen atoms in total. The summed E-state index contributed by atoms with van der Waals surface area (Å²) < 4.78 is 0. The van der Waals surface area contributed by atoms with Crippen LogP contribution in [0.1, 0.15) is 38.4 Å². The van der Waals surface area contributed by atoms with Crippen molar-refractivity contribution in [1.82, 2.24) is 4.98 Å². The molecule has 0 saturated carbocycles. The fourth-order valence-corrected chi connectivity index (χ4v) is 4.93. The zero-order valence-electron chi connectivity index (χ0n) is 18.9. The maximum atomic E-state index is 13.4. The Balaban J connectivity index is 1.26. The van der Waals surface area contributed by atoms with Gasteiger partial charge in [0, 0.05) is 22.3 Å². The van der Waals surface area contributed by atoms with Crippen molar-refractivity contribution >= 4 is 45.7 Å². The monoisotopic (exact) mass is 462 g/mol. The van der Waals surface area contributed by atoms with Crippen molar-refractivity contribution in [3.63, 3.8) is 0 Å². The number of aryl methyl sites for hydroxylation is 1. The normalized spacial score (nSPS) is 14.3. The standard InChI is InChI=1S/C28H22N4O3/c33-25-16-32(24-11-4-3-9-23(24)31-25)28(35)17-12-14-18(15-13-17)29-27(34)26-19-6-1-2-8-21(19)30-22-10-5-7-20(22)26/h1-4,6,8-9,11-15H,5,7,10,16H2,(H,29,34)(H,31,33). The topological polar surface area (TPSA) is 91.4 Å². The number of carbonyl (C=O) groups excluding carboxylic acids is 3. The first-order valence-corrected chi connectivity index (χ1v) is 11.6. The van der Waals surface area contributed by atoms with E-state index in [1.807, 2.05) is 36.4 Å². The summed E-state index contributed by atoms with van der Waals surface area (Å²) in [6.45, 7) is -0.0471. The molecule has 0 unspecified atom stereocenters. The molecule has 7 heteroatoms. The number of carbonyl (C=O) groups is 3. The van der Waals surface area contributed by atoms with Crippen molar-refractivity contribution in [2.45, 2.75) is 19.3 Å². The van der Waals surface area contributed by atoms with Gasteiger partial charge in [-0.05, 0) is 67.3 Å². The van der Waals surface area contributed by atoms with Crippen LogP contribution in [0.25, 0.3) is 10.9 Å². The highest BCUT2D eigenvalue weighted by Gasteiger charge is 2.28. The summed E-state index contributed by atoms with van der Waals surface area (Å²) in [5.41, 5.74) is 5.82. The van der Waals surface area contributed by atoms with Crippen molar-refractivity contribution in [2.75, 3.05) is 22.1 Å². The molecule has 1 aliphatic carbocycles. The molecule has 2 aliphatic rings. The second kappa shape index (κ2) is 8.36. The Labute approximate surface area is 201 Å². The number of anilines is 3. The Bertz CT molecular complexity index is 1510. The maximum absolute atomic E-state index is 13.4. The number of nitrogens with one attached hydrogen (secondary N) is 2. The number of aromatic nitrogens is 1. The lowest BCUT2D eigenvalue weighted by Gasteiger charge is -2.29. The van der Waals surface area contributed by atoms with Crippen molar-refractivity contribution in [1.29, 1.82) is 0 Å². The molecule has 3 amide bonds. The molecule has 4 aromatic rings. The molecule has 2 N–H and O–H groups in total. The number of hydrogen-bond acceptors (Lipinski definition) is 4. The molecule has 0 radical (unpaired) electrons. The number of pyridine rings is 1. The summed E-state index contributed by atoms with van der Waals surface area (Å²) in [5.74, 6) is -0.691. The summed E-state index contributed by atoms with van der Waals surface area (Å²) in [6.07, 6.45) is 2.72. The van der Waals surface area contributed by atoms with E-state index in [2.05, 4.69) is 10.6 Å². The van der Waals surface area contributed by atoms with E-state index in [4.69, 9.17) is 4.98 Å². The van der Waals surface area contributed by atoms with Gasteiger partial charge >= 0.3 is 0 Å². The summed E-state index contributed by atoms with van der Waals surface area (Å²) in [4.78, 5) is 44.9. The molecule has 6 rings (SSSR count). The highest BCUT2D eigenvalue weighted by atomic mass is 16.2. The quantitative estimate of drug-likeness (QED) is 0.466. The first-order valence-electron chi connectivity index (χ1n) is 11.6. The molecule has 0 bridgehead atoms. The molecular formula is C28H22N4O3. The van der Waals surface area contributed by atoms with Gasteiger partial charge in [0.2, 0.25) is 5.91 Å². The second-order valence-electron chi connectivity index (χ2n) is 8.77. The van der Waals surface area contributed by atoms with E-state index in [0.29, 0.717) is 28.2 Å². The van der Waals surface area contributed by atoms with Gasteiger partial charge in [-0.3, -0.25) is 24.3 Å². The van der Waals surface area contributed by atoms with E-state index < -0.39 is 0 Å². The van der Waals surface area contributed by atoms with Gasteiger partial charge in [0.05, 0.1) is 22.5 Å². The predicted molar refractivity (Wildman–Crippen MR) is 135 cm³/mol. The van der Waals surface area contributed by atoms with Gasteiger partial charge < -0.3 is 10.6 Å². The minimum atomic E-state index is -0.275. The summed E-state index contributed by atoms with van der Waals surface area (Å²) in [6, 6.07) is 21.7. The number of hydrogen-bond donors (Lipinski definition) is 2. The van der Waals surface area contributed by atoms with Gasteiger partial charge in [-0.2, -0.15) is 0 Å².